The summed E-state index contributed by atoms with van der Waals surface area (Å²) in [6.45, 7) is 6.76. The van der Waals surface area contributed by atoms with Gasteiger partial charge in [-0.15, -0.1) is 0 Å². The summed E-state index contributed by atoms with van der Waals surface area (Å²) in [7, 11) is 0. The molecule has 0 saturated carbocycles. The number of rotatable bonds is 3. The van der Waals surface area contributed by atoms with Crippen molar-refractivity contribution in [1.82, 2.24) is 14.8 Å². The van der Waals surface area contributed by atoms with E-state index in [0.29, 0.717) is 13.2 Å². The third kappa shape index (κ3) is 2.11. The predicted octanol–water partition coefficient (Wildman–Crippen LogP) is 1.01. The number of aryl methyl sites for hydroxylation is 1. The number of fused-ring (bicyclic) bond motifs is 1. The van der Waals surface area contributed by atoms with Gasteiger partial charge in [0.25, 0.3) is 0 Å². The van der Waals surface area contributed by atoms with Gasteiger partial charge in [0.15, 0.2) is 5.82 Å². The van der Waals surface area contributed by atoms with E-state index in [0.717, 1.165) is 18.2 Å². The maximum atomic E-state index is 11.8. The molecular weight excluding hydrogens is 220 g/mol. The van der Waals surface area contributed by atoms with Crippen LogP contribution in [0.1, 0.15) is 32.6 Å². The Morgan fingerprint density at radius 3 is 3.00 bits per heavy atom. The standard InChI is InChI=1S/C11H18N4O2/c1-4-9-13-11-12-6-8(10(16)17-5-2)7(3)15(11)14-9/h7-8H,4-6H2,1-3H3,(H,12,13,14). The first kappa shape index (κ1) is 11.9. The molecule has 1 aliphatic heterocycles. The largest absolute Gasteiger partial charge is 0.466 e. The fraction of sp³-hybridized carbons (Fsp3) is 0.727. The van der Waals surface area contributed by atoms with Crippen LogP contribution in [0.4, 0.5) is 5.95 Å². The molecular formula is C11H18N4O2. The van der Waals surface area contributed by atoms with Crippen LogP contribution in [-0.2, 0) is 16.0 Å². The lowest BCUT2D eigenvalue weighted by Crippen LogP contribution is -2.37. The van der Waals surface area contributed by atoms with Gasteiger partial charge in [-0.3, -0.25) is 4.79 Å². The van der Waals surface area contributed by atoms with Crippen molar-refractivity contribution in [1.29, 1.82) is 0 Å². The third-order valence-electron chi connectivity index (χ3n) is 3.03. The monoisotopic (exact) mass is 238 g/mol. The summed E-state index contributed by atoms with van der Waals surface area (Å²) in [4.78, 5) is 16.1. The highest BCUT2D eigenvalue weighted by molar-refractivity contribution is 5.74. The van der Waals surface area contributed by atoms with E-state index in [1.165, 1.54) is 0 Å². The maximum Gasteiger partial charge on any atom is 0.312 e. The first-order valence-electron chi connectivity index (χ1n) is 6.03. The number of nitrogens with one attached hydrogen (secondary N) is 1. The lowest BCUT2D eigenvalue weighted by Gasteiger charge is -2.28. The van der Waals surface area contributed by atoms with Crippen LogP contribution in [0.5, 0.6) is 0 Å². The van der Waals surface area contributed by atoms with Crippen LogP contribution in [0.2, 0.25) is 0 Å². The highest BCUT2D eigenvalue weighted by Crippen LogP contribution is 2.27. The second kappa shape index (κ2) is 4.73. The van der Waals surface area contributed by atoms with E-state index in [9.17, 15) is 4.79 Å². The molecule has 6 heteroatoms. The van der Waals surface area contributed by atoms with Gasteiger partial charge in [0.2, 0.25) is 5.95 Å². The van der Waals surface area contributed by atoms with E-state index in [1.807, 2.05) is 20.8 Å². The van der Waals surface area contributed by atoms with Crippen LogP contribution in [-0.4, -0.2) is 33.9 Å². The molecule has 1 aliphatic rings. The molecule has 94 valence electrons. The average Bonchev–Trinajstić information content (AvgIpc) is 2.73. The number of ether oxygens (including phenoxy) is 1. The van der Waals surface area contributed by atoms with Crippen LogP contribution in [0.3, 0.4) is 0 Å². The number of anilines is 1. The molecule has 0 aromatic carbocycles. The molecule has 1 aromatic heterocycles. The van der Waals surface area contributed by atoms with Gasteiger partial charge in [0, 0.05) is 13.0 Å². The second-order valence-corrected chi connectivity index (χ2v) is 4.13. The van der Waals surface area contributed by atoms with Crippen molar-refractivity contribution in [3.05, 3.63) is 5.82 Å². The molecule has 0 saturated heterocycles. The Bertz CT molecular complexity index is 416. The topological polar surface area (TPSA) is 69.0 Å². The third-order valence-corrected chi connectivity index (χ3v) is 3.03. The van der Waals surface area contributed by atoms with E-state index < -0.39 is 0 Å². The maximum absolute atomic E-state index is 11.8. The summed E-state index contributed by atoms with van der Waals surface area (Å²) in [5.41, 5.74) is 0. The number of nitrogens with zero attached hydrogens (tertiary/aromatic N) is 3. The molecule has 1 N–H and O–H groups in total. The van der Waals surface area contributed by atoms with Crippen molar-refractivity contribution in [2.75, 3.05) is 18.5 Å². The smallest absolute Gasteiger partial charge is 0.312 e. The van der Waals surface area contributed by atoms with Gasteiger partial charge < -0.3 is 10.1 Å². The zero-order valence-corrected chi connectivity index (χ0v) is 10.4. The van der Waals surface area contributed by atoms with Crippen LogP contribution < -0.4 is 5.32 Å². The van der Waals surface area contributed by atoms with Crippen molar-refractivity contribution >= 4 is 11.9 Å². The fourth-order valence-electron chi connectivity index (χ4n) is 1.99. The molecule has 0 radical (unpaired) electrons. The second-order valence-electron chi connectivity index (χ2n) is 4.13. The van der Waals surface area contributed by atoms with Crippen molar-refractivity contribution in [2.24, 2.45) is 5.92 Å². The van der Waals surface area contributed by atoms with Gasteiger partial charge in [0.1, 0.15) is 0 Å². The van der Waals surface area contributed by atoms with Gasteiger partial charge in [0.05, 0.1) is 18.6 Å². The summed E-state index contributed by atoms with van der Waals surface area (Å²) in [5, 5.41) is 7.50. The quantitative estimate of drug-likeness (QED) is 0.796. The molecule has 0 spiro atoms. The predicted molar refractivity (Wildman–Crippen MR) is 62.7 cm³/mol. The normalized spacial score (nSPS) is 22.8. The molecule has 2 rings (SSSR count). The molecule has 0 fully saturated rings. The number of hydrogen-bond acceptors (Lipinski definition) is 5. The molecule has 0 bridgehead atoms. The zero-order chi connectivity index (χ0) is 12.4. The Balaban J connectivity index is 2.20. The van der Waals surface area contributed by atoms with Crippen LogP contribution >= 0.6 is 0 Å². The van der Waals surface area contributed by atoms with Gasteiger partial charge >= 0.3 is 5.97 Å². The molecule has 2 heterocycles. The average molecular weight is 238 g/mol. The number of carbonyl (C=O) groups is 1. The van der Waals surface area contributed by atoms with Gasteiger partial charge in [-0.2, -0.15) is 10.1 Å². The fourth-order valence-corrected chi connectivity index (χ4v) is 1.99. The Morgan fingerprint density at radius 1 is 1.59 bits per heavy atom. The molecule has 1 aromatic rings. The Labute approximate surface area is 100 Å². The van der Waals surface area contributed by atoms with Crippen LogP contribution in [0.15, 0.2) is 0 Å². The Kier molecular flexibility index (Phi) is 3.31. The van der Waals surface area contributed by atoms with Crippen LogP contribution in [0.25, 0.3) is 0 Å². The SMILES string of the molecule is CCOC(=O)C1CNc2nc(CC)nn2C1C. The minimum absolute atomic E-state index is 0.0156. The Hall–Kier alpha value is -1.59. The van der Waals surface area contributed by atoms with E-state index >= 15 is 0 Å². The van der Waals surface area contributed by atoms with Crippen LogP contribution in [0, 0.1) is 5.92 Å². The zero-order valence-electron chi connectivity index (χ0n) is 10.4. The summed E-state index contributed by atoms with van der Waals surface area (Å²) in [5.74, 6) is 1.17. The number of esters is 1. The number of carbonyl (C=O) groups excluding carboxylic acids is 1. The number of hydrogen-bond donors (Lipinski definition) is 1. The van der Waals surface area contributed by atoms with Crippen molar-refractivity contribution in [3.8, 4) is 0 Å². The molecule has 2 atom stereocenters. The van der Waals surface area contributed by atoms with E-state index in [1.54, 1.807) is 4.68 Å². The first-order chi connectivity index (χ1) is 8.17. The highest BCUT2D eigenvalue weighted by Gasteiger charge is 2.34. The summed E-state index contributed by atoms with van der Waals surface area (Å²) in [6, 6.07) is -0.0156. The summed E-state index contributed by atoms with van der Waals surface area (Å²) >= 11 is 0. The van der Waals surface area contributed by atoms with Gasteiger partial charge in [-0.05, 0) is 13.8 Å². The van der Waals surface area contributed by atoms with Crippen molar-refractivity contribution < 1.29 is 9.53 Å². The van der Waals surface area contributed by atoms with Crippen molar-refractivity contribution in [2.45, 2.75) is 33.2 Å². The van der Waals surface area contributed by atoms with Gasteiger partial charge in [-0.25, -0.2) is 4.68 Å². The first-order valence-corrected chi connectivity index (χ1v) is 6.03. The minimum Gasteiger partial charge on any atom is -0.466 e. The summed E-state index contributed by atoms with van der Waals surface area (Å²) < 4.78 is 6.84. The van der Waals surface area contributed by atoms with E-state index in [4.69, 9.17) is 4.74 Å². The lowest BCUT2D eigenvalue weighted by molar-refractivity contribution is -0.149. The number of aromatic nitrogens is 3. The molecule has 6 nitrogen and oxygen atoms in total. The van der Waals surface area contributed by atoms with E-state index in [-0.39, 0.29) is 17.9 Å². The molecule has 17 heavy (non-hydrogen) atoms. The minimum atomic E-state index is -0.200. The van der Waals surface area contributed by atoms with Crippen molar-refractivity contribution in [3.63, 3.8) is 0 Å². The summed E-state index contributed by atoms with van der Waals surface area (Å²) in [6.07, 6.45) is 0.790. The van der Waals surface area contributed by atoms with Gasteiger partial charge in [-0.1, -0.05) is 6.92 Å². The molecule has 0 aliphatic carbocycles. The molecule has 0 amide bonds. The molecule has 2 unspecified atom stereocenters. The Morgan fingerprint density at radius 2 is 2.35 bits per heavy atom. The van der Waals surface area contributed by atoms with E-state index in [2.05, 4.69) is 15.4 Å². The highest BCUT2D eigenvalue weighted by atomic mass is 16.5. The lowest BCUT2D eigenvalue weighted by atomic mass is 10.0.